The second-order valence-electron chi connectivity index (χ2n) is 3.89. The van der Waals surface area contributed by atoms with E-state index in [2.05, 4.69) is 22.9 Å². The summed E-state index contributed by atoms with van der Waals surface area (Å²) in [5, 5.41) is 0. The van der Waals surface area contributed by atoms with Gasteiger partial charge in [-0.15, -0.1) is 12.4 Å². The van der Waals surface area contributed by atoms with Crippen molar-refractivity contribution >= 4 is 23.8 Å². The number of nitrogen functional groups attached to an aromatic ring is 1. The SMILES string of the molecule is CN1CCN(c2cccc(N)c2)CC1.Cl. The molecule has 1 aromatic rings. The maximum absolute atomic E-state index is 5.76. The van der Waals surface area contributed by atoms with Gasteiger partial charge >= 0.3 is 0 Å². The third-order valence-corrected chi connectivity index (χ3v) is 2.74. The minimum absolute atomic E-state index is 0. The quantitative estimate of drug-likeness (QED) is 0.737. The van der Waals surface area contributed by atoms with Crippen molar-refractivity contribution in [3.8, 4) is 0 Å². The van der Waals surface area contributed by atoms with Gasteiger partial charge in [0.15, 0.2) is 0 Å². The Kier molecular flexibility index (Phi) is 4.24. The van der Waals surface area contributed by atoms with E-state index in [1.54, 1.807) is 0 Å². The Morgan fingerprint density at radius 2 is 1.80 bits per heavy atom. The van der Waals surface area contributed by atoms with E-state index in [-0.39, 0.29) is 12.4 Å². The summed E-state index contributed by atoms with van der Waals surface area (Å²) in [6.07, 6.45) is 0. The molecule has 0 aliphatic carbocycles. The molecule has 2 N–H and O–H groups in total. The molecule has 0 amide bonds. The van der Waals surface area contributed by atoms with Gasteiger partial charge in [0.05, 0.1) is 0 Å². The number of rotatable bonds is 1. The van der Waals surface area contributed by atoms with Crippen LogP contribution in [-0.4, -0.2) is 38.1 Å². The van der Waals surface area contributed by atoms with Crippen LogP contribution >= 0.6 is 12.4 Å². The van der Waals surface area contributed by atoms with Crippen LogP contribution in [-0.2, 0) is 0 Å². The van der Waals surface area contributed by atoms with Crippen LogP contribution in [0.5, 0.6) is 0 Å². The highest BCUT2D eigenvalue weighted by molar-refractivity contribution is 5.85. The number of halogens is 1. The predicted molar refractivity (Wildman–Crippen MR) is 67.8 cm³/mol. The Morgan fingerprint density at radius 3 is 2.40 bits per heavy atom. The predicted octanol–water partition coefficient (Wildman–Crippen LogP) is 1.44. The van der Waals surface area contributed by atoms with Crippen molar-refractivity contribution < 1.29 is 0 Å². The molecule has 0 saturated carbocycles. The molecule has 3 nitrogen and oxygen atoms in total. The lowest BCUT2D eigenvalue weighted by molar-refractivity contribution is 0.313. The summed E-state index contributed by atoms with van der Waals surface area (Å²) in [7, 11) is 2.16. The summed E-state index contributed by atoms with van der Waals surface area (Å²) < 4.78 is 0. The lowest BCUT2D eigenvalue weighted by Gasteiger charge is -2.34. The molecule has 1 aliphatic rings. The molecule has 1 aromatic carbocycles. The Labute approximate surface area is 97.3 Å². The van der Waals surface area contributed by atoms with Crippen LogP contribution in [0.3, 0.4) is 0 Å². The fraction of sp³-hybridized carbons (Fsp3) is 0.455. The van der Waals surface area contributed by atoms with Gasteiger partial charge in [0.1, 0.15) is 0 Å². The highest BCUT2D eigenvalue weighted by atomic mass is 35.5. The number of hydrogen-bond donors (Lipinski definition) is 1. The van der Waals surface area contributed by atoms with Gasteiger partial charge in [0, 0.05) is 37.6 Å². The first-order valence-electron chi connectivity index (χ1n) is 5.05. The fourth-order valence-corrected chi connectivity index (χ4v) is 1.79. The molecule has 2 rings (SSSR count). The first kappa shape index (κ1) is 12.1. The Bertz CT molecular complexity index is 308. The summed E-state index contributed by atoms with van der Waals surface area (Å²) in [6, 6.07) is 8.12. The molecule has 0 unspecified atom stereocenters. The van der Waals surface area contributed by atoms with E-state index < -0.39 is 0 Å². The van der Waals surface area contributed by atoms with E-state index in [0.717, 1.165) is 31.9 Å². The zero-order valence-electron chi connectivity index (χ0n) is 9.02. The Hall–Kier alpha value is -0.930. The maximum atomic E-state index is 5.76. The van der Waals surface area contributed by atoms with Gasteiger partial charge in [-0.3, -0.25) is 0 Å². The van der Waals surface area contributed by atoms with Gasteiger partial charge in [-0.05, 0) is 25.2 Å². The lowest BCUT2D eigenvalue weighted by Crippen LogP contribution is -2.44. The van der Waals surface area contributed by atoms with Crippen LogP contribution in [0.15, 0.2) is 24.3 Å². The molecule has 0 aromatic heterocycles. The van der Waals surface area contributed by atoms with E-state index in [0.29, 0.717) is 0 Å². The Balaban J connectivity index is 0.00000112. The van der Waals surface area contributed by atoms with Crippen LogP contribution in [0, 0.1) is 0 Å². The van der Waals surface area contributed by atoms with E-state index in [1.165, 1.54) is 5.69 Å². The number of nitrogens with two attached hydrogens (primary N) is 1. The van der Waals surface area contributed by atoms with Crippen molar-refractivity contribution in [1.82, 2.24) is 4.90 Å². The van der Waals surface area contributed by atoms with Crippen molar-refractivity contribution in [2.24, 2.45) is 0 Å². The summed E-state index contributed by atoms with van der Waals surface area (Å²) in [6.45, 7) is 4.46. The molecule has 0 atom stereocenters. The molecule has 84 valence electrons. The molecule has 4 heteroatoms. The lowest BCUT2D eigenvalue weighted by atomic mass is 10.2. The first-order chi connectivity index (χ1) is 6.75. The third-order valence-electron chi connectivity index (χ3n) is 2.74. The van der Waals surface area contributed by atoms with Gasteiger partial charge in [-0.1, -0.05) is 6.07 Å². The van der Waals surface area contributed by atoms with Crippen molar-refractivity contribution in [3.63, 3.8) is 0 Å². The molecule has 0 radical (unpaired) electrons. The van der Waals surface area contributed by atoms with E-state index in [9.17, 15) is 0 Å². The van der Waals surface area contributed by atoms with Crippen LogP contribution in [0.2, 0.25) is 0 Å². The number of benzene rings is 1. The van der Waals surface area contributed by atoms with Gasteiger partial charge in [0.25, 0.3) is 0 Å². The summed E-state index contributed by atoms with van der Waals surface area (Å²) in [5.41, 5.74) is 7.85. The van der Waals surface area contributed by atoms with Crippen LogP contribution in [0.25, 0.3) is 0 Å². The zero-order chi connectivity index (χ0) is 9.97. The van der Waals surface area contributed by atoms with Crippen molar-refractivity contribution in [1.29, 1.82) is 0 Å². The topological polar surface area (TPSA) is 32.5 Å². The van der Waals surface area contributed by atoms with Crippen LogP contribution in [0.1, 0.15) is 0 Å². The third kappa shape index (κ3) is 3.01. The van der Waals surface area contributed by atoms with Gasteiger partial charge in [0.2, 0.25) is 0 Å². The maximum Gasteiger partial charge on any atom is 0.0387 e. The first-order valence-corrected chi connectivity index (χ1v) is 5.05. The van der Waals surface area contributed by atoms with Crippen LogP contribution in [0.4, 0.5) is 11.4 Å². The van der Waals surface area contributed by atoms with Gasteiger partial charge in [-0.25, -0.2) is 0 Å². The average molecular weight is 228 g/mol. The number of anilines is 2. The van der Waals surface area contributed by atoms with Gasteiger partial charge < -0.3 is 15.5 Å². The number of likely N-dealkylation sites (N-methyl/N-ethyl adjacent to an activating group) is 1. The smallest absolute Gasteiger partial charge is 0.0387 e. The standard InChI is InChI=1S/C11H17N3.ClH/c1-13-5-7-14(8-6-13)11-4-2-3-10(12)9-11;/h2-4,9H,5-8,12H2,1H3;1H. The Morgan fingerprint density at radius 1 is 1.13 bits per heavy atom. The monoisotopic (exact) mass is 227 g/mol. The molecule has 1 aliphatic heterocycles. The molecule has 15 heavy (non-hydrogen) atoms. The van der Waals surface area contributed by atoms with Crippen molar-refractivity contribution in [2.75, 3.05) is 43.9 Å². The number of hydrogen-bond acceptors (Lipinski definition) is 3. The molecule has 1 heterocycles. The molecular formula is C11H18ClN3. The van der Waals surface area contributed by atoms with E-state index in [4.69, 9.17) is 5.73 Å². The normalized spacial score (nSPS) is 17.3. The van der Waals surface area contributed by atoms with Crippen molar-refractivity contribution in [2.45, 2.75) is 0 Å². The summed E-state index contributed by atoms with van der Waals surface area (Å²) in [4.78, 5) is 4.74. The van der Waals surface area contributed by atoms with Gasteiger partial charge in [-0.2, -0.15) is 0 Å². The summed E-state index contributed by atoms with van der Waals surface area (Å²) in [5.74, 6) is 0. The minimum atomic E-state index is 0. The van der Waals surface area contributed by atoms with Crippen molar-refractivity contribution in [3.05, 3.63) is 24.3 Å². The molecule has 1 saturated heterocycles. The molecule has 0 spiro atoms. The van der Waals surface area contributed by atoms with Crippen LogP contribution < -0.4 is 10.6 Å². The number of piperazine rings is 1. The molecular weight excluding hydrogens is 210 g/mol. The highest BCUT2D eigenvalue weighted by Gasteiger charge is 2.13. The van der Waals surface area contributed by atoms with E-state index in [1.807, 2.05) is 18.2 Å². The fourth-order valence-electron chi connectivity index (χ4n) is 1.79. The average Bonchev–Trinajstić information content (AvgIpc) is 2.19. The second kappa shape index (κ2) is 5.24. The second-order valence-corrected chi connectivity index (χ2v) is 3.89. The molecule has 0 bridgehead atoms. The minimum Gasteiger partial charge on any atom is -0.399 e. The highest BCUT2D eigenvalue weighted by Crippen LogP contribution is 2.18. The zero-order valence-corrected chi connectivity index (χ0v) is 9.83. The van der Waals surface area contributed by atoms with E-state index >= 15 is 0 Å². The largest absolute Gasteiger partial charge is 0.399 e. The number of nitrogens with zero attached hydrogens (tertiary/aromatic N) is 2. The molecule has 1 fully saturated rings. The summed E-state index contributed by atoms with van der Waals surface area (Å²) >= 11 is 0.